The maximum absolute atomic E-state index is 5.36. The molecule has 4 aliphatic heterocycles. The van der Waals surface area contributed by atoms with Gasteiger partial charge < -0.3 is 0 Å². The average Bonchev–Trinajstić information content (AvgIpc) is 3.74. The summed E-state index contributed by atoms with van der Waals surface area (Å²) < 4.78 is 4.76. The standard InChI is InChI=1S/C32H16GeI2N8/c34-33(35)42-29-21-13-5-6-14-22(21)31(42)40-27-19-11-3-4-12-20(19)28(37-27)41-32-24-16-8-7-15-23(24)30(43(32)33)39-26-18-10-2-1-9-17(18)25(36-26)38-29/h1-16H. The molecule has 0 N–H and O–H groups in total. The van der Waals surface area contributed by atoms with Gasteiger partial charge in [-0.05, 0) is 0 Å². The van der Waals surface area contributed by atoms with E-state index >= 15 is 0 Å². The third kappa shape index (κ3) is 3.25. The zero-order valence-electron chi connectivity index (χ0n) is 22.1. The number of nitrogens with zero attached hydrogens (tertiary/aromatic N) is 8. The summed E-state index contributed by atoms with van der Waals surface area (Å²) in [6.07, 6.45) is 0. The van der Waals surface area contributed by atoms with Crippen molar-refractivity contribution in [3.05, 3.63) is 130 Å². The monoisotopic (exact) mass is 840 g/mol. The van der Waals surface area contributed by atoms with Crippen LogP contribution in [0.15, 0.2) is 127 Å². The number of hydrogen-bond donors (Lipinski definition) is 0. The Morgan fingerprint density at radius 1 is 0.395 bits per heavy atom. The van der Waals surface area contributed by atoms with Gasteiger partial charge in [-0.3, -0.25) is 0 Å². The zero-order chi connectivity index (χ0) is 28.4. The molecule has 43 heavy (non-hydrogen) atoms. The molecule has 10 rings (SSSR count). The molecule has 0 saturated heterocycles. The fourth-order valence-corrected chi connectivity index (χ4v) is 19.9. The molecule has 0 atom stereocenters. The molecular formula is C32H16GeI2N8. The van der Waals surface area contributed by atoms with Gasteiger partial charge in [0.1, 0.15) is 0 Å². The molecule has 0 fully saturated rings. The number of hydrogen-bond acceptors (Lipinski definition) is 6. The summed E-state index contributed by atoms with van der Waals surface area (Å²) in [7, 11) is -3.57. The quantitative estimate of drug-likeness (QED) is 0.128. The van der Waals surface area contributed by atoms with E-state index in [1.165, 1.54) is 0 Å². The van der Waals surface area contributed by atoms with Crippen LogP contribution in [0.4, 0.5) is 11.6 Å². The van der Waals surface area contributed by atoms with Gasteiger partial charge in [-0.15, -0.1) is 0 Å². The Hall–Kier alpha value is -3.76. The van der Waals surface area contributed by atoms with Gasteiger partial charge in [0, 0.05) is 0 Å². The molecule has 0 unspecified atom stereocenters. The van der Waals surface area contributed by atoms with Gasteiger partial charge in [0.05, 0.1) is 0 Å². The Balaban J connectivity index is 1.53. The molecule has 0 saturated carbocycles. The van der Waals surface area contributed by atoms with E-state index in [-0.39, 0.29) is 0 Å². The van der Waals surface area contributed by atoms with E-state index in [1.807, 2.05) is 24.3 Å². The topological polar surface area (TPSA) is 84.0 Å². The Labute approximate surface area is 269 Å². The molecule has 6 heterocycles. The fraction of sp³-hybridized carbons (Fsp3) is 0. The second kappa shape index (κ2) is 8.66. The van der Waals surface area contributed by atoms with Crippen molar-refractivity contribution >= 4 is 104 Å². The van der Waals surface area contributed by atoms with Crippen molar-refractivity contribution in [2.75, 3.05) is 0 Å². The number of aliphatic imine (C=N–C) groups is 4. The fourth-order valence-electron chi connectivity index (χ4n) is 6.41. The summed E-state index contributed by atoms with van der Waals surface area (Å²) in [6.45, 7) is 0. The van der Waals surface area contributed by atoms with Gasteiger partial charge >= 0.3 is 271 Å². The number of fused-ring (bicyclic) bond motifs is 14. The van der Waals surface area contributed by atoms with Crippen LogP contribution in [0.1, 0.15) is 22.3 Å². The van der Waals surface area contributed by atoms with Crippen LogP contribution in [0.2, 0.25) is 0 Å². The molecule has 202 valence electrons. The van der Waals surface area contributed by atoms with Crippen molar-refractivity contribution < 1.29 is 0 Å². The first-order valence-corrected chi connectivity index (χ1v) is 28.4. The third-order valence-electron chi connectivity index (χ3n) is 8.29. The van der Waals surface area contributed by atoms with Gasteiger partial charge in [-0.25, -0.2) is 0 Å². The van der Waals surface area contributed by atoms with Crippen LogP contribution in [0.5, 0.6) is 0 Å². The second-order valence-electron chi connectivity index (χ2n) is 10.6. The molecule has 4 aromatic carbocycles. The van der Waals surface area contributed by atoms with E-state index in [4.69, 9.17) is 30.0 Å². The Morgan fingerprint density at radius 2 is 0.744 bits per heavy atom. The predicted octanol–water partition coefficient (Wildman–Crippen LogP) is 6.24. The SMILES string of the molecule is [I][Ge]1([I])[n]2c3c4ccccc4c2N=C2N=C(N=c4c5ccccc5c([n]41)=NC1=NC(=N3)c3ccccc31)c1ccccc12. The van der Waals surface area contributed by atoms with E-state index in [9.17, 15) is 0 Å². The molecule has 11 heteroatoms. The van der Waals surface area contributed by atoms with E-state index in [0.29, 0.717) is 23.3 Å². The van der Waals surface area contributed by atoms with Gasteiger partial charge in [0.15, 0.2) is 0 Å². The van der Waals surface area contributed by atoms with Gasteiger partial charge in [0.25, 0.3) is 0 Å². The summed E-state index contributed by atoms with van der Waals surface area (Å²) in [4.78, 5) is 31.5. The predicted molar refractivity (Wildman–Crippen MR) is 189 cm³/mol. The number of halogens is 2. The van der Waals surface area contributed by atoms with Crippen molar-refractivity contribution in [2.24, 2.45) is 30.0 Å². The minimum atomic E-state index is -3.57. The van der Waals surface area contributed by atoms with Crippen LogP contribution in [0.3, 0.4) is 0 Å². The normalized spacial score (nSPS) is 16.8. The Bertz CT molecular complexity index is 2390. The molecule has 0 spiro atoms. The van der Waals surface area contributed by atoms with Crippen LogP contribution >= 0.6 is 40.4 Å². The van der Waals surface area contributed by atoms with Gasteiger partial charge in [-0.1, -0.05) is 0 Å². The summed E-state index contributed by atoms with van der Waals surface area (Å²) in [5, 5.41) is 4.12. The molecule has 6 bridgehead atoms. The first kappa shape index (κ1) is 24.7. The number of aromatic nitrogens is 2. The molecular weight excluding hydrogens is 823 g/mol. The average molecular weight is 839 g/mol. The maximum atomic E-state index is 5.36. The van der Waals surface area contributed by atoms with E-state index in [0.717, 1.165) is 66.4 Å². The van der Waals surface area contributed by atoms with Gasteiger partial charge in [0.2, 0.25) is 0 Å². The van der Waals surface area contributed by atoms with Crippen LogP contribution < -0.4 is 11.0 Å². The summed E-state index contributed by atoms with van der Waals surface area (Å²) in [5.74, 6) is 4.35. The molecule has 4 aliphatic rings. The van der Waals surface area contributed by atoms with Crippen LogP contribution in [0.25, 0.3) is 21.5 Å². The van der Waals surface area contributed by atoms with Crippen molar-refractivity contribution in [2.45, 2.75) is 0 Å². The summed E-state index contributed by atoms with van der Waals surface area (Å²) in [6, 6.07) is 33.2. The second-order valence-corrected chi connectivity index (χ2v) is 41.0. The van der Waals surface area contributed by atoms with E-state index < -0.39 is 7.09 Å². The molecule has 2 aromatic heterocycles. The van der Waals surface area contributed by atoms with Crippen LogP contribution in [-0.4, -0.2) is 37.5 Å². The summed E-state index contributed by atoms with van der Waals surface area (Å²) >= 11 is 5.37. The Morgan fingerprint density at radius 3 is 1.16 bits per heavy atom. The number of amidine groups is 4. The van der Waals surface area contributed by atoms with Crippen molar-refractivity contribution in [1.29, 1.82) is 0 Å². The molecule has 0 radical (unpaired) electrons. The molecule has 0 aliphatic carbocycles. The van der Waals surface area contributed by atoms with Crippen molar-refractivity contribution in [1.82, 2.24) is 7.05 Å². The number of rotatable bonds is 0. The van der Waals surface area contributed by atoms with Crippen molar-refractivity contribution in [3.8, 4) is 0 Å². The summed E-state index contributed by atoms with van der Waals surface area (Å²) in [5.41, 5.74) is 5.60. The van der Waals surface area contributed by atoms with E-state index in [2.05, 4.69) is 120 Å². The van der Waals surface area contributed by atoms with Gasteiger partial charge in [-0.2, -0.15) is 0 Å². The molecule has 0 amide bonds. The van der Waals surface area contributed by atoms with Crippen LogP contribution in [-0.2, 0) is 0 Å². The minimum absolute atomic E-state index is 0.664. The molecule has 8 nitrogen and oxygen atoms in total. The van der Waals surface area contributed by atoms with E-state index in [1.54, 1.807) is 0 Å². The first-order valence-electron chi connectivity index (χ1n) is 13.7. The van der Waals surface area contributed by atoms with Crippen LogP contribution in [0, 0.1) is 0 Å². The third-order valence-corrected chi connectivity index (χ3v) is 22.4. The Kier molecular flexibility index (Phi) is 4.97. The van der Waals surface area contributed by atoms with Crippen molar-refractivity contribution in [3.63, 3.8) is 0 Å². The first-order chi connectivity index (χ1) is 21.1. The molecule has 6 aromatic rings. The number of benzene rings is 4. The zero-order valence-corrected chi connectivity index (χ0v) is 28.5.